The lowest BCUT2D eigenvalue weighted by Crippen LogP contribution is -2.29. The predicted octanol–water partition coefficient (Wildman–Crippen LogP) is 3.24. The van der Waals surface area contributed by atoms with E-state index >= 15 is 0 Å². The van der Waals surface area contributed by atoms with Gasteiger partial charge in [-0.3, -0.25) is 9.59 Å². The van der Waals surface area contributed by atoms with Crippen molar-refractivity contribution in [3.8, 4) is 0 Å². The summed E-state index contributed by atoms with van der Waals surface area (Å²) in [5, 5.41) is 11.7. The number of sulfone groups is 1. The first-order chi connectivity index (χ1) is 12.6. The molecule has 0 bridgehead atoms. The van der Waals surface area contributed by atoms with Gasteiger partial charge in [-0.25, -0.2) is 8.42 Å². The zero-order valence-corrected chi connectivity index (χ0v) is 16.1. The van der Waals surface area contributed by atoms with Gasteiger partial charge in [0.05, 0.1) is 16.9 Å². The number of carboxylic acids is 1. The number of anilines is 1. The summed E-state index contributed by atoms with van der Waals surface area (Å²) in [6.07, 6.45) is -0.182. The molecule has 7 heteroatoms. The topological polar surface area (TPSA) is 101 Å². The molecule has 6 nitrogen and oxygen atoms in total. The third kappa shape index (κ3) is 6.53. The van der Waals surface area contributed by atoms with E-state index in [-0.39, 0.29) is 17.9 Å². The molecule has 0 radical (unpaired) electrons. The van der Waals surface area contributed by atoms with Crippen molar-refractivity contribution in [2.24, 2.45) is 5.41 Å². The average molecular weight is 389 g/mol. The van der Waals surface area contributed by atoms with E-state index in [0.29, 0.717) is 11.3 Å². The van der Waals surface area contributed by atoms with Gasteiger partial charge in [-0.15, -0.1) is 0 Å². The van der Waals surface area contributed by atoms with Crippen LogP contribution in [0.3, 0.4) is 0 Å². The summed E-state index contributed by atoms with van der Waals surface area (Å²) >= 11 is 0. The molecule has 0 heterocycles. The fourth-order valence-electron chi connectivity index (χ4n) is 2.55. The van der Waals surface area contributed by atoms with Gasteiger partial charge in [-0.05, 0) is 37.1 Å². The van der Waals surface area contributed by atoms with E-state index in [9.17, 15) is 18.0 Å². The van der Waals surface area contributed by atoms with Crippen LogP contribution in [-0.4, -0.2) is 25.4 Å². The molecule has 2 aromatic carbocycles. The molecule has 2 rings (SSSR count). The fourth-order valence-corrected chi connectivity index (χ4v) is 4.04. The number of carbonyl (C=O) groups excluding carboxylic acids is 1. The molecular formula is C20H23NO5S. The summed E-state index contributed by atoms with van der Waals surface area (Å²) in [7, 11) is -3.36. The zero-order valence-electron chi connectivity index (χ0n) is 15.3. The number of rotatable bonds is 8. The van der Waals surface area contributed by atoms with Gasteiger partial charge in [0.15, 0.2) is 9.84 Å². The minimum absolute atomic E-state index is 0.0583. The Balaban J connectivity index is 2.04. The van der Waals surface area contributed by atoms with Crippen molar-refractivity contribution in [1.82, 2.24) is 0 Å². The first-order valence-electron chi connectivity index (χ1n) is 8.44. The molecule has 0 aliphatic heterocycles. The molecule has 144 valence electrons. The number of aliphatic carboxylic acids is 1. The lowest BCUT2D eigenvalue weighted by Gasteiger charge is -2.18. The van der Waals surface area contributed by atoms with E-state index in [1.165, 1.54) is 13.8 Å². The number of hydrogen-bond donors (Lipinski definition) is 2. The van der Waals surface area contributed by atoms with Gasteiger partial charge in [0.2, 0.25) is 5.91 Å². The minimum Gasteiger partial charge on any atom is -0.481 e. The summed E-state index contributed by atoms with van der Waals surface area (Å²) in [6.45, 7) is 2.95. The molecule has 27 heavy (non-hydrogen) atoms. The third-order valence-corrected chi connectivity index (χ3v) is 5.55. The first kappa shape index (κ1) is 20.6. The van der Waals surface area contributed by atoms with E-state index < -0.39 is 27.1 Å². The van der Waals surface area contributed by atoms with Gasteiger partial charge in [-0.1, -0.05) is 42.5 Å². The average Bonchev–Trinajstić information content (AvgIpc) is 2.54. The fraction of sp³-hybridized carbons (Fsp3) is 0.300. The number of benzene rings is 2. The van der Waals surface area contributed by atoms with Crippen LogP contribution in [0, 0.1) is 5.41 Å². The third-order valence-electron chi connectivity index (χ3n) is 4.01. The Hall–Kier alpha value is -2.67. The second-order valence-electron chi connectivity index (χ2n) is 7.13. The van der Waals surface area contributed by atoms with Gasteiger partial charge < -0.3 is 10.4 Å². The van der Waals surface area contributed by atoms with E-state index in [2.05, 4.69) is 5.32 Å². The van der Waals surface area contributed by atoms with Crippen LogP contribution in [0.25, 0.3) is 0 Å². The number of hydrogen-bond acceptors (Lipinski definition) is 4. The highest BCUT2D eigenvalue weighted by Gasteiger charge is 2.30. The standard InChI is InChI=1S/C20H23NO5S/c1-20(2,19(23)24)12-18(22)21-17-10-6-9-16(11-17)14-27(25,26)13-15-7-4-3-5-8-15/h3-11H,12-14H2,1-2H3,(H,21,22)(H,23,24). The molecule has 0 saturated heterocycles. The zero-order chi connectivity index (χ0) is 20.1. The number of carbonyl (C=O) groups is 2. The van der Waals surface area contributed by atoms with Gasteiger partial charge in [0.25, 0.3) is 0 Å². The molecule has 0 saturated carbocycles. The number of amides is 1. The summed E-state index contributed by atoms with van der Waals surface area (Å²) in [4.78, 5) is 23.2. The Morgan fingerprint density at radius 1 is 0.963 bits per heavy atom. The van der Waals surface area contributed by atoms with Crippen LogP contribution in [0.15, 0.2) is 54.6 Å². The quantitative estimate of drug-likeness (QED) is 0.722. The molecule has 0 aliphatic carbocycles. The lowest BCUT2D eigenvalue weighted by molar-refractivity contribution is -0.148. The monoisotopic (exact) mass is 389 g/mol. The molecule has 0 aromatic heterocycles. The van der Waals surface area contributed by atoms with E-state index in [4.69, 9.17) is 5.11 Å². The summed E-state index contributed by atoms with van der Waals surface area (Å²) < 4.78 is 24.8. The number of carboxylic acid groups (broad SMARTS) is 1. The van der Waals surface area contributed by atoms with Gasteiger partial charge in [-0.2, -0.15) is 0 Å². The molecule has 0 atom stereocenters. The van der Waals surface area contributed by atoms with Crippen LogP contribution in [0.5, 0.6) is 0 Å². The Labute approximate surface area is 159 Å². The van der Waals surface area contributed by atoms with Gasteiger partial charge in [0.1, 0.15) is 0 Å². The largest absolute Gasteiger partial charge is 0.481 e. The van der Waals surface area contributed by atoms with Crippen molar-refractivity contribution < 1.29 is 23.1 Å². The normalized spacial score (nSPS) is 11.8. The van der Waals surface area contributed by atoms with Crippen LogP contribution in [-0.2, 0) is 30.9 Å². The second kappa shape index (κ2) is 8.35. The summed E-state index contributed by atoms with van der Waals surface area (Å²) in [5.41, 5.74) is 0.536. The molecule has 0 spiro atoms. The lowest BCUT2D eigenvalue weighted by atomic mass is 9.89. The van der Waals surface area contributed by atoms with Crippen LogP contribution in [0.2, 0.25) is 0 Å². The Morgan fingerprint density at radius 3 is 2.19 bits per heavy atom. The maximum absolute atomic E-state index is 12.4. The summed E-state index contributed by atoms with van der Waals surface area (Å²) in [6, 6.07) is 15.5. The van der Waals surface area contributed by atoms with Gasteiger partial charge >= 0.3 is 5.97 Å². The highest BCUT2D eigenvalue weighted by Crippen LogP contribution is 2.22. The Morgan fingerprint density at radius 2 is 1.56 bits per heavy atom. The molecule has 2 aromatic rings. The van der Waals surface area contributed by atoms with Crippen molar-refractivity contribution >= 4 is 27.4 Å². The SMILES string of the molecule is CC(C)(CC(=O)Nc1cccc(CS(=O)(=O)Cc2ccccc2)c1)C(=O)O. The van der Waals surface area contributed by atoms with Crippen molar-refractivity contribution in [1.29, 1.82) is 0 Å². The molecule has 0 fully saturated rings. The van der Waals surface area contributed by atoms with E-state index in [0.717, 1.165) is 5.56 Å². The molecule has 2 N–H and O–H groups in total. The van der Waals surface area contributed by atoms with Crippen molar-refractivity contribution in [2.75, 3.05) is 5.32 Å². The van der Waals surface area contributed by atoms with E-state index in [1.54, 1.807) is 48.5 Å². The molecule has 0 aliphatic rings. The first-order valence-corrected chi connectivity index (χ1v) is 10.3. The van der Waals surface area contributed by atoms with Crippen LogP contribution in [0.1, 0.15) is 31.4 Å². The van der Waals surface area contributed by atoms with Crippen molar-refractivity contribution in [3.05, 3.63) is 65.7 Å². The highest BCUT2D eigenvalue weighted by atomic mass is 32.2. The maximum atomic E-state index is 12.4. The Kier molecular flexibility index (Phi) is 6.38. The highest BCUT2D eigenvalue weighted by molar-refractivity contribution is 7.89. The van der Waals surface area contributed by atoms with Gasteiger partial charge in [0, 0.05) is 12.1 Å². The molecule has 0 unspecified atom stereocenters. The number of nitrogens with one attached hydrogen (secondary N) is 1. The van der Waals surface area contributed by atoms with E-state index in [1.807, 2.05) is 6.07 Å². The van der Waals surface area contributed by atoms with Crippen LogP contribution < -0.4 is 5.32 Å². The van der Waals surface area contributed by atoms with Crippen molar-refractivity contribution in [2.45, 2.75) is 31.8 Å². The Bertz CT molecular complexity index is 920. The van der Waals surface area contributed by atoms with Crippen LogP contribution >= 0.6 is 0 Å². The maximum Gasteiger partial charge on any atom is 0.309 e. The predicted molar refractivity (Wildman–Crippen MR) is 104 cm³/mol. The van der Waals surface area contributed by atoms with Crippen molar-refractivity contribution in [3.63, 3.8) is 0 Å². The molecule has 1 amide bonds. The summed E-state index contributed by atoms with van der Waals surface area (Å²) in [5.74, 6) is -1.70. The van der Waals surface area contributed by atoms with Crippen LogP contribution in [0.4, 0.5) is 5.69 Å². The second-order valence-corrected chi connectivity index (χ2v) is 9.20. The molecular weight excluding hydrogens is 366 g/mol. The smallest absolute Gasteiger partial charge is 0.309 e. The minimum atomic E-state index is -3.36.